The zero-order valence-corrected chi connectivity index (χ0v) is 11.3. The molecule has 100 valence electrons. The Morgan fingerprint density at radius 1 is 1.00 bits per heavy atom. The van der Waals surface area contributed by atoms with Gasteiger partial charge < -0.3 is 0 Å². The smallest absolute Gasteiger partial charge is 0.274 e. The van der Waals surface area contributed by atoms with E-state index in [-0.39, 0.29) is 18.0 Å². The predicted octanol–water partition coefficient (Wildman–Crippen LogP) is 2.19. The first-order valence-electron chi connectivity index (χ1n) is 6.20. The summed E-state index contributed by atoms with van der Waals surface area (Å²) in [5.74, 6) is -0.484. The predicted molar refractivity (Wildman–Crippen MR) is 70.4 cm³/mol. The summed E-state index contributed by atoms with van der Waals surface area (Å²) in [6.07, 6.45) is 2.30. The largest absolute Gasteiger partial charge is 0.505 e. The number of imide groups is 1. The van der Waals surface area contributed by atoms with E-state index in [0.717, 1.165) is 6.42 Å². The Hall–Kier alpha value is -1.58. The van der Waals surface area contributed by atoms with Crippen LogP contribution in [0.15, 0.2) is 24.3 Å². The Morgan fingerprint density at radius 2 is 1.58 bits per heavy atom. The van der Waals surface area contributed by atoms with Gasteiger partial charge in [-0.25, -0.2) is 0 Å². The van der Waals surface area contributed by atoms with Crippen LogP contribution < -0.4 is 0 Å². The minimum absolute atomic E-state index is 0.242. The first-order chi connectivity index (χ1) is 9.11. The van der Waals surface area contributed by atoms with Crippen LogP contribution in [0.5, 0.6) is 0 Å². The Labute approximate surface area is 112 Å². The number of amides is 2. The highest BCUT2D eigenvalue weighted by Gasteiger charge is 2.34. The standard InChI is InChI=1S/C13H14NO4P/c15-12-10-6-2-3-7-11(10)13(16)14(12)8-4-1-5-9-19(17)18/h2-3,6-7H,1,4-5,8-9H2/p+1. The van der Waals surface area contributed by atoms with Gasteiger partial charge in [-0.2, -0.15) is 4.89 Å². The van der Waals surface area contributed by atoms with Gasteiger partial charge in [0.05, 0.1) is 11.1 Å². The van der Waals surface area contributed by atoms with E-state index in [1.54, 1.807) is 24.3 Å². The molecule has 0 radical (unpaired) electrons. The third-order valence-electron chi connectivity index (χ3n) is 3.11. The van der Waals surface area contributed by atoms with Crippen LogP contribution >= 0.6 is 8.03 Å². The lowest BCUT2D eigenvalue weighted by Crippen LogP contribution is -2.30. The quantitative estimate of drug-likeness (QED) is 0.492. The Bertz CT molecular complexity index is 494. The number of hydrogen-bond donors (Lipinski definition) is 1. The molecule has 0 spiro atoms. The van der Waals surface area contributed by atoms with Crippen LogP contribution in [0.2, 0.25) is 0 Å². The highest BCUT2D eigenvalue weighted by molar-refractivity contribution is 7.37. The van der Waals surface area contributed by atoms with Gasteiger partial charge in [0.15, 0.2) is 6.16 Å². The second kappa shape index (κ2) is 6.04. The maximum absolute atomic E-state index is 12.0. The van der Waals surface area contributed by atoms with Crippen molar-refractivity contribution in [3.63, 3.8) is 0 Å². The van der Waals surface area contributed by atoms with Crippen LogP contribution in [-0.2, 0) is 4.57 Å². The van der Waals surface area contributed by atoms with E-state index in [4.69, 9.17) is 4.89 Å². The average molecular weight is 280 g/mol. The minimum atomic E-state index is -2.08. The molecular weight excluding hydrogens is 265 g/mol. The summed E-state index contributed by atoms with van der Waals surface area (Å²) in [5.41, 5.74) is 0.928. The topological polar surface area (TPSA) is 74.7 Å². The minimum Gasteiger partial charge on any atom is -0.274 e. The first-order valence-corrected chi connectivity index (χ1v) is 7.60. The fraction of sp³-hybridized carbons (Fsp3) is 0.385. The number of carbonyl (C=O) groups excluding carboxylic acids is 2. The van der Waals surface area contributed by atoms with Crippen LogP contribution in [0, 0.1) is 0 Å². The van der Waals surface area contributed by atoms with Gasteiger partial charge in [0.2, 0.25) is 0 Å². The van der Waals surface area contributed by atoms with Crippen molar-refractivity contribution in [2.45, 2.75) is 19.3 Å². The zero-order valence-electron chi connectivity index (χ0n) is 10.4. The molecule has 0 bridgehead atoms. The van der Waals surface area contributed by atoms with Gasteiger partial charge >= 0.3 is 8.03 Å². The molecule has 0 aliphatic carbocycles. The molecule has 19 heavy (non-hydrogen) atoms. The van der Waals surface area contributed by atoms with Crippen molar-refractivity contribution in [1.29, 1.82) is 0 Å². The first kappa shape index (κ1) is 13.8. The fourth-order valence-corrected chi connectivity index (χ4v) is 2.63. The van der Waals surface area contributed by atoms with Crippen molar-refractivity contribution in [2.24, 2.45) is 0 Å². The lowest BCUT2D eigenvalue weighted by Gasteiger charge is -2.12. The molecule has 2 rings (SSSR count). The number of nitrogens with zero attached hydrogens (tertiary/aromatic N) is 1. The number of hydrogen-bond acceptors (Lipinski definition) is 3. The second-order valence-corrected chi connectivity index (χ2v) is 5.60. The Morgan fingerprint density at radius 3 is 2.11 bits per heavy atom. The van der Waals surface area contributed by atoms with Gasteiger partial charge in [-0.1, -0.05) is 12.1 Å². The van der Waals surface area contributed by atoms with E-state index in [1.165, 1.54) is 4.90 Å². The molecule has 0 saturated carbocycles. The third kappa shape index (κ3) is 3.06. The van der Waals surface area contributed by atoms with Gasteiger partial charge in [0, 0.05) is 6.54 Å². The number of rotatable bonds is 6. The van der Waals surface area contributed by atoms with E-state index in [9.17, 15) is 14.2 Å². The molecule has 0 fully saturated rings. The summed E-state index contributed by atoms with van der Waals surface area (Å²) in [6.45, 7) is 0.370. The molecular formula is C13H15NO4P+. The van der Waals surface area contributed by atoms with Gasteiger partial charge in [0.1, 0.15) is 0 Å². The highest BCUT2D eigenvalue weighted by Crippen LogP contribution is 2.23. The molecule has 1 aromatic rings. The summed E-state index contributed by atoms with van der Waals surface area (Å²) in [4.78, 5) is 33.9. The molecule has 5 nitrogen and oxygen atoms in total. The van der Waals surface area contributed by atoms with Crippen LogP contribution in [0.4, 0.5) is 0 Å². The number of fused-ring (bicyclic) bond motifs is 1. The normalized spacial score (nSPS) is 14.8. The average Bonchev–Trinajstić information content (AvgIpc) is 2.63. The number of carbonyl (C=O) groups is 2. The van der Waals surface area contributed by atoms with E-state index in [2.05, 4.69) is 0 Å². The third-order valence-corrected chi connectivity index (χ3v) is 3.81. The van der Waals surface area contributed by atoms with Gasteiger partial charge in [-0.05, 0) is 36.0 Å². The summed E-state index contributed by atoms with van der Waals surface area (Å²) in [7, 11) is -2.08. The summed E-state index contributed by atoms with van der Waals surface area (Å²) in [5, 5.41) is 0. The van der Waals surface area contributed by atoms with Crippen LogP contribution in [0.25, 0.3) is 0 Å². The van der Waals surface area contributed by atoms with Gasteiger partial charge in [-0.3, -0.25) is 14.5 Å². The van der Waals surface area contributed by atoms with Gasteiger partial charge in [-0.15, -0.1) is 0 Å². The van der Waals surface area contributed by atoms with E-state index < -0.39 is 8.03 Å². The van der Waals surface area contributed by atoms with E-state index >= 15 is 0 Å². The van der Waals surface area contributed by atoms with Crippen LogP contribution in [-0.4, -0.2) is 34.3 Å². The molecule has 1 N–H and O–H groups in total. The lowest BCUT2D eigenvalue weighted by molar-refractivity contribution is 0.0651. The molecule has 2 amide bonds. The molecule has 6 heteroatoms. The number of benzene rings is 1. The molecule has 1 aromatic carbocycles. The molecule has 1 unspecified atom stereocenters. The maximum Gasteiger partial charge on any atom is 0.505 e. The van der Waals surface area contributed by atoms with Crippen LogP contribution in [0.3, 0.4) is 0 Å². The summed E-state index contributed by atoms with van der Waals surface area (Å²) < 4.78 is 10.5. The zero-order chi connectivity index (χ0) is 13.8. The van der Waals surface area contributed by atoms with E-state index in [1.807, 2.05) is 0 Å². The van der Waals surface area contributed by atoms with E-state index in [0.29, 0.717) is 30.5 Å². The highest BCUT2D eigenvalue weighted by atomic mass is 31.1. The van der Waals surface area contributed by atoms with Crippen molar-refractivity contribution in [3.8, 4) is 0 Å². The SMILES string of the molecule is O=C1c2ccccc2C(=O)N1CCCCC[P+](=O)O. The maximum atomic E-state index is 12.0. The van der Waals surface area contributed by atoms with Crippen molar-refractivity contribution >= 4 is 19.8 Å². The molecule has 1 atom stereocenters. The van der Waals surface area contributed by atoms with Crippen molar-refractivity contribution in [1.82, 2.24) is 4.90 Å². The second-order valence-electron chi connectivity index (χ2n) is 4.44. The molecule has 0 saturated heterocycles. The summed E-state index contributed by atoms with van der Waals surface area (Å²) >= 11 is 0. The molecule has 1 aliphatic rings. The molecule has 0 aromatic heterocycles. The van der Waals surface area contributed by atoms with Crippen molar-refractivity contribution < 1.29 is 19.0 Å². The van der Waals surface area contributed by atoms with Gasteiger partial charge in [0.25, 0.3) is 11.8 Å². The fourth-order valence-electron chi connectivity index (χ4n) is 2.14. The van der Waals surface area contributed by atoms with Crippen molar-refractivity contribution in [3.05, 3.63) is 35.4 Å². The lowest BCUT2D eigenvalue weighted by atomic mass is 10.1. The monoisotopic (exact) mass is 280 g/mol. The Balaban J connectivity index is 1.88. The number of unbranched alkanes of at least 4 members (excludes halogenated alkanes) is 2. The van der Waals surface area contributed by atoms with Crippen LogP contribution in [0.1, 0.15) is 40.0 Å². The molecule has 1 aliphatic heterocycles. The Kier molecular flexibility index (Phi) is 4.40. The molecule has 1 heterocycles. The van der Waals surface area contributed by atoms with Crippen molar-refractivity contribution in [2.75, 3.05) is 12.7 Å². The summed E-state index contributed by atoms with van der Waals surface area (Å²) in [6, 6.07) is 6.80.